The second kappa shape index (κ2) is 5.71. The largest absolute Gasteiger partial charge is 0.329 e. The molecule has 116 valence electrons. The van der Waals surface area contributed by atoms with Gasteiger partial charge in [-0.05, 0) is 50.8 Å². The van der Waals surface area contributed by atoms with E-state index in [0.717, 1.165) is 25.6 Å². The third-order valence-corrected chi connectivity index (χ3v) is 5.38. The lowest BCUT2D eigenvalue weighted by atomic mass is 9.95. The van der Waals surface area contributed by atoms with E-state index in [0.29, 0.717) is 12.6 Å². The quantitative estimate of drug-likeness (QED) is 0.924. The third-order valence-electron chi connectivity index (χ3n) is 5.38. The summed E-state index contributed by atoms with van der Waals surface area (Å²) in [5.41, 5.74) is 9.22. The number of rotatable bonds is 4. The molecule has 0 radical (unpaired) electrons. The van der Waals surface area contributed by atoms with Gasteiger partial charge in [-0.3, -0.25) is 9.80 Å². The van der Waals surface area contributed by atoms with Crippen molar-refractivity contribution in [2.45, 2.75) is 44.2 Å². The molecular formula is C18H29N3. The number of nitrogens with zero attached hydrogens (tertiary/aromatic N) is 2. The Balaban J connectivity index is 1.74. The van der Waals surface area contributed by atoms with Gasteiger partial charge in [-0.15, -0.1) is 0 Å². The molecule has 1 aromatic rings. The molecule has 1 aliphatic heterocycles. The zero-order valence-corrected chi connectivity index (χ0v) is 13.7. The summed E-state index contributed by atoms with van der Waals surface area (Å²) < 4.78 is 0. The fraction of sp³-hybridized carbons (Fsp3) is 0.667. The van der Waals surface area contributed by atoms with Crippen molar-refractivity contribution >= 4 is 0 Å². The van der Waals surface area contributed by atoms with Crippen LogP contribution in [-0.2, 0) is 0 Å². The molecule has 1 saturated carbocycles. The first-order valence-corrected chi connectivity index (χ1v) is 8.26. The van der Waals surface area contributed by atoms with Crippen molar-refractivity contribution in [3.05, 3.63) is 35.4 Å². The van der Waals surface area contributed by atoms with Crippen LogP contribution in [0.25, 0.3) is 0 Å². The van der Waals surface area contributed by atoms with Gasteiger partial charge in [-0.25, -0.2) is 0 Å². The lowest BCUT2D eigenvalue weighted by Gasteiger charge is -2.48. The highest BCUT2D eigenvalue weighted by Crippen LogP contribution is 2.40. The molecule has 0 bridgehead atoms. The first kappa shape index (κ1) is 15.0. The van der Waals surface area contributed by atoms with E-state index in [-0.39, 0.29) is 5.54 Å². The van der Waals surface area contributed by atoms with Crippen molar-refractivity contribution in [2.24, 2.45) is 5.73 Å². The van der Waals surface area contributed by atoms with E-state index in [2.05, 4.69) is 55.0 Å². The van der Waals surface area contributed by atoms with Gasteiger partial charge in [0, 0.05) is 37.8 Å². The molecule has 1 atom stereocenters. The van der Waals surface area contributed by atoms with E-state index in [1.54, 1.807) is 0 Å². The van der Waals surface area contributed by atoms with E-state index in [9.17, 15) is 0 Å². The molecule has 1 aliphatic carbocycles. The Morgan fingerprint density at radius 3 is 2.38 bits per heavy atom. The van der Waals surface area contributed by atoms with Crippen molar-refractivity contribution < 1.29 is 0 Å². The standard InChI is InChI=1S/C18H29N3/c1-18(2)13-21(11-10-20(18)3)17(12-19)16-8-6-15(7-9-16)14-4-5-14/h6-9,14,17H,4-5,10-13,19H2,1-3H3. The van der Waals surface area contributed by atoms with Gasteiger partial charge in [-0.1, -0.05) is 24.3 Å². The molecule has 2 fully saturated rings. The van der Waals surface area contributed by atoms with Crippen LogP contribution in [0.4, 0.5) is 0 Å². The molecule has 1 unspecified atom stereocenters. The van der Waals surface area contributed by atoms with Crippen LogP contribution in [0, 0.1) is 0 Å². The van der Waals surface area contributed by atoms with Crippen molar-refractivity contribution in [1.82, 2.24) is 9.80 Å². The third kappa shape index (κ3) is 3.15. The fourth-order valence-corrected chi connectivity index (χ4v) is 3.45. The molecular weight excluding hydrogens is 258 g/mol. The van der Waals surface area contributed by atoms with Gasteiger partial charge < -0.3 is 5.73 Å². The zero-order chi connectivity index (χ0) is 15.0. The Hall–Kier alpha value is -0.900. The molecule has 0 spiro atoms. The van der Waals surface area contributed by atoms with Crippen LogP contribution in [-0.4, -0.2) is 48.6 Å². The van der Waals surface area contributed by atoms with Gasteiger partial charge in [0.15, 0.2) is 0 Å². The van der Waals surface area contributed by atoms with Crippen LogP contribution < -0.4 is 5.73 Å². The van der Waals surface area contributed by atoms with Crippen LogP contribution in [0.2, 0.25) is 0 Å². The van der Waals surface area contributed by atoms with E-state index in [4.69, 9.17) is 5.73 Å². The summed E-state index contributed by atoms with van der Waals surface area (Å²) in [6.45, 7) is 8.64. The maximum Gasteiger partial charge on any atom is 0.0471 e. The second-order valence-corrected chi connectivity index (χ2v) is 7.40. The van der Waals surface area contributed by atoms with Crippen molar-refractivity contribution in [2.75, 3.05) is 33.2 Å². The lowest BCUT2D eigenvalue weighted by Crippen LogP contribution is -2.58. The Morgan fingerprint density at radius 1 is 1.19 bits per heavy atom. The predicted octanol–water partition coefficient (Wildman–Crippen LogP) is 2.59. The average Bonchev–Trinajstić information content (AvgIpc) is 3.29. The monoisotopic (exact) mass is 287 g/mol. The Labute approximate surface area is 129 Å². The molecule has 3 rings (SSSR count). The topological polar surface area (TPSA) is 32.5 Å². The summed E-state index contributed by atoms with van der Waals surface area (Å²) >= 11 is 0. The smallest absolute Gasteiger partial charge is 0.0471 e. The fourth-order valence-electron chi connectivity index (χ4n) is 3.45. The van der Waals surface area contributed by atoms with Crippen LogP contribution in [0.15, 0.2) is 24.3 Å². The number of nitrogens with two attached hydrogens (primary N) is 1. The highest BCUT2D eigenvalue weighted by atomic mass is 15.3. The minimum atomic E-state index is 0.222. The Morgan fingerprint density at radius 2 is 1.86 bits per heavy atom. The van der Waals surface area contributed by atoms with Gasteiger partial charge in [0.2, 0.25) is 0 Å². The summed E-state index contributed by atoms with van der Waals surface area (Å²) in [5, 5.41) is 0. The maximum atomic E-state index is 6.11. The van der Waals surface area contributed by atoms with Gasteiger partial charge in [0.25, 0.3) is 0 Å². The number of benzene rings is 1. The number of likely N-dealkylation sites (N-methyl/N-ethyl adjacent to an activating group) is 1. The van der Waals surface area contributed by atoms with E-state index in [1.807, 2.05) is 0 Å². The summed E-state index contributed by atoms with van der Waals surface area (Å²) in [4.78, 5) is 5.01. The predicted molar refractivity (Wildman–Crippen MR) is 88.5 cm³/mol. The molecule has 1 saturated heterocycles. The summed E-state index contributed by atoms with van der Waals surface area (Å²) in [6.07, 6.45) is 2.73. The first-order valence-electron chi connectivity index (χ1n) is 8.26. The molecule has 0 amide bonds. The molecule has 1 aromatic carbocycles. The van der Waals surface area contributed by atoms with Gasteiger partial charge >= 0.3 is 0 Å². The van der Waals surface area contributed by atoms with Crippen LogP contribution >= 0.6 is 0 Å². The molecule has 0 aromatic heterocycles. The summed E-state index contributed by atoms with van der Waals surface area (Å²) in [5.74, 6) is 0.831. The molecule has 2 aliphatic rings. The number of hydrogen-bond donors (Lipinski definition) is 1. The highest BCUT2D eigenvalue weighted by molar-refractivity contribution is 5.30. The minimum Gasteiger partial charge on any atom is -0.329 e. The van der Waals surface area contributed by atoms with Gasteiger partial charge in [0.05, 0.1) is 0 Å². The van der Waals surface area contributed by atoms with E-state index >= 15 is 0 Å². The SMILES string of the molecule is CN1CCN(C(CN)c2ccc(C3CC3)cc2)CC1(C)C. The number of piperazine rings is 1. The number of hydrogen-bond acceptors (Lipinski definition) is 3. The van der Waals surface area contributed by atoms with Crippen molar-refractivity contribution in [1.29, 1.82) is 0 Å². The normalized spacial score (nSPS) is 25.0. The minimum absolute atomic E-state index is 0.222. The lowest BCUT2D eigenvalue weighted by molar-refractivity contribution is 0.0180. The molecule has 2 N–H and O–H groups in total. The van der Waals surface area contributed by atoms with E-state index in [1.165, 1.54) is 24.0 Å². The van der Waals surface area contributed by atoms with Crippen LogP contribution in [0.1, 0.15) is 49.8 Å². The second-order valence-electron chi connectivity index (χ2n) is 7.40. The van der Waals surface area contributed by atoms with Crippen molar-refractivity contribution in [3.63, 3.8) is 0 Å². The van der Waals surface area contributed by atoms with Crippen LogP contribution in [0.3, 0.4) is 0 Å². The zero-order valence-electron chi connectivity index (χ0n) is 13.7. The summed E-state index contributed by atoms with van der Waals surface area (Å²) in [6, 6.07) is 9.59. The summed E-state index contributed by atoms with van der Waals surface area (Å²) in [7, 11) is 2.22. The molecule has 3 nitrogen and oxygen atoms in total. The maximum absolute atomic E-state index is 6.11. The Kier molecular flexibility index (Phi) is 4.08. The van der Waals surface area contributed by atoms with Crippen molar-refractivity contribution in [3.8, 4) is 0 Å². The van der Waals surface area contributed by atoms with E-state index < -0.39 is 0 Å². The molecule has 3 heteroatoms. The average molecular weight is 287 g/mol. The molecule has 1 heterocycles. The highest BCUT2D eigenvalue weighted by Gasteiger charge is 2.34. The molecule has 21 heavy (non-hydrogen) atoms. The first-order chi connectivity index (χ1) is 10.0. The van der Waals surface area contributed by atoms with Gasteiger partial charge in [-0.2, -0.15) is 0 Å². The Bertz CT molecular complexity index is 476. The van der Waals surface area contributed by atoms with Crippen LogP contribution in [0.5, 0.6) is 0 Å². The van der Waals surface area contributed by atoms with Gasteiger partial charge in [0.1, 0.15) is 0 Å².